The molecule has 0 unspecified atom stereocenters. The average Bonchev–Trinajstić information content (AvgIpc) is 2.33. The van der Waals surface area contributed by atoms with Crippen LogP contribution in [0.25, 0.3) is 0 Å². The van der Waals surface area contributed by atoms with Gasteiger partial charge in [-0.05, 0) is 72.7 Å². The molecule has 2 aromatic rings. The summed E-state index contributed by atoms with van der Waals surface area (Å²) in [7, 11) is 0. The van der Waals surface area contributed by atoms with Crippen LogP contribution >= 0.6 is 0 Å². The summed E-state index contributed by atoms with van der Waals surface area (Å²) in [4.78, 5) is 19.9. The van der Waals surface area contributed by atoms with E-state index in [4.69, 9.17) is 10.5 Å². The second kappa shape index (κ2) is 8.46. The maximum absolute atomic E-state index is 11.5. The summed E-state index contributed by atoms with van der Waals surface area (Å²) in [5.74, 6) is 0. The number of rotatable bonds is 1. The lowest BCUT2D eigenvalue weighted by molar-refractivity contribution is 0.0636. The van der Waals surface area contributed by atoms with Crippen LogP contribution in [0.1, 0.15) is 43.5 Å². The van der Waals surface area contributed by atoms with Gasteiger partial charge in [0.25, 0.3) is 0 Å². The van der Waals surface area contributed by atoms with Crippen molar-refractivity contribution >= 4 is 17.5 Å². The van der Waals surface area contributed by atoms with Gasteiger partial charge >= 0.3 is 6.09 Å². The number of nitrogens with one attached hydrogen (secondary N) is 1. The third kappa shape index (κ3) is 8.69. The Kier molecular flexibility index (Phi) is 6.91. The third-order valence-electron chi connectivity index (χ3n) is 2.83. The summed E-state index contributed by atoms with van der Waals surface area (Å²) >= 11 is 0. The standard InChI is InChI=1S/C12H18N2O2.C7H10N2/c1-8-6-10(7-9(2)13-8)14-11(15)16-12(3,4)5;1-5-3-7(8)4-6(2)9-5/h6-7H,1-5H3,(H,13,14,15);3-4H,1-2H3,(H2,8,9). The Balaban J connectivity index is 0.000000293. The molecule has 6 heteroatoms. The van der Waals surface area contributed by atoms with Gasteiger partial charge in [-0.1, -0.05) is 0 Å². The van der Waals surface area contributed by atoms with E-state index in [1.165, 1.54) is 0 Å². The van der Waals surface area contributed by atoms with Crippen LogP contribution in [0, 0.1) is 27.7 Å². The highest BCUT2D eigenvalue weighted by atomic mass is 16.6. The minimum atomic E-state index is -0.485. The zero-order chi connectivity index (χ0) is 19.2. The van der Waals surface area contributed by atoms with Gasteiger partial charge in [-0.15, -0.1) is 0 Å². The maximum atomic E-state index is 11.5. The number of nitrogen functional groups attached to an aromatic ring is 1. The molecule has 3 N–H and O–H groups in total. The molecule has 6 nitrogen and oxygen atoms in total. The minimum absolute atomic E-state index is 0.447. The van der Waals surface area contributed by atoms with Crippen LogP contribution in [0.15, 0.2) is 24.3 Å². The normalized spacial score (nSPS) is 10.5. The summed E-state index contributed by atoms with van der Waals surface area (Å²) in [5.41, 5.74) is 10.2. The quantitative estimate of drug-likeness (QED) is 0.804. The number of carbonyl (C=O) groups excluding carboxylic acids is 1. The molecule has 2 aromatic heterocycles. The molecule has 0 aromatic carbocycles. The number of pyridine rings is 2. The average molecular weight is 344 g/mol. The van der Waals surface area contributed by atoms with E-state index in [0.717, 1.165) is 28.5 Å². The monoisotopic (exact) mass is 344 g/mol. The van der Waals surface area contributed by atoms with Crippen LogP contribution in [0.4, 0.5) is 16.2 Å². The molecule has 2 rings (SSSR count). The molecule has 0 aliphatic rings. The summed E-state index contributed by atoms with van der Waals surface area (Å²) in [6.45, 7) is 13.1. The van der Waals surface area contributed by atoms with Crippen molar-refractivity contribution in [3.05, 3.63) is 47.0 Å². The predicted octanol–water partition coefficient (Wildman–Crippen LogP) is 4.33. The van der Waals surface area contributed by atoms with Crippen LogP contribution in [0.3, 0.4) is 0 Å². The van der Waals surface area contributed by atoms with Crippen LogP contribution in [0.2, 0.25) is 0 Å². The number of anilines is 2. The van der Waals surface area contributed by atoms with Crippen molar-refractivity contribution in [1.29, 1.82) is 0 Å². The van der Waals surface area contributed by atoms with E-state index in [9.17, 15) is 4.79 Å². The SMILES string of the molecule is Cc1cc(N)cc(C)n1.Cc1cc(NC(=O)OC(C)(C)C)cc(C)n1. The molecular weight excluding hydrogens is 316 g/mol. The molecule has 0 aliphatic carbocycles. The first-order valence-corrected chi connectivity index (χ1v) is 8.10. The van der Waals surface area contributed by atoms with E-state index >= 15 is 0 Å². The van der Waals surface area contributed by atoms with Gasteiger partial charge in [-0.2, -0.15) is 0 Å². The van der Waals surface area contributed by atoms with Gasteiger partial charge in [-0.3, -0.25) is 15.3 Å². The predicted molar refractivity (Wildman–Crippen MR) is 102 cm³/mol. The van der Waals surface area contributed by atoms with Gasteiger partial charge in [-0.25, -0.2) is 4.79 Å². The molecule has 0 radical (unpaired) electrons. The molecule has 1 amide bonds. The Labute approximate surface area is 149 Å². The van der Waals surface area contributed by atoms with Crippen LogP contribution < -0.4 is 11.1 Å². The first kappa shape index (κ1) is 20.4. The third-order valence-corrected chi connectivity index (χ3v) is 2.83. The lowest BCUT2D eigenvalue weighted by Crippen LogP contribution is -2.27. The highest BCUT2D eigenvalue weighted by Gasteiger charge is 2.16. The van der Waals surface area contributed by atoms with Gasteiger partial charge in [0.2, 0.25) is 0 Å². The largest absolute Gasteiger partial charge is 0.444 e. The van der Waals surface area contributed by atoms with Crippen LogP contribution in [-0.4, -0.2) is 21.7 Å². The highest BCUT2D eigenvalue weighted by molar-refractivity contribution is 5.84. The fraction of sp³-hybridized carbons (Fsp3) is 0.421. The molecule has 136 valence electrons. The van der Waals surface area contributed by atoms with Crippen molar-refractivity contribution in [2.45, 2.75) is 54.1 Å². The fourth-order valence-electron chi connectivity index (χ4n) is 2.19. The van der Waals surface area contributed by atoms with E-state index in [1.54, 1.807) is 12.1 Å². The number of hydrogen-bond acceptors (Lipinski definition) is 5. The van der Waals surface area contributed by atoms with Crippen molar-refractivity contribution in [2.75, 3.05) is 11.1 Å². The number of nitrogens with two attached hydrogens (primary N) is 1. The molecule has 2 heterocycles. The number of carbonyl (C=O) groups is 1. The second-order valence-electron chi connectivity index (χ2n) is 6.95. The van der Waals surface area contributed by atoms with Crippen molar-refractivity contribution in [3.63, 3.8) is 0 Å². The van der Waals surface area contributed by atoms with Crippen molar-refractivity contribution in [1.82, 2.24) is 9.97 Å². The molecule has 25 heavy (non-hydrogen) atoms. The maximum Gasteiger partial charge on any atom is 0.412 e. The summed E-state index contributed by atoms with van der Waals surface area (Å²) in [6, 6.07) is 7.31. The number of aromatic nitrogens is 2. The molecule has 0 aliphatic heterocycles. The van der Waals surface area contributed by atoms with Crippen LogP contribution in [-0.2, 0) is 4.74 Å². The Bertz CT molecular complexity index is 666. The summed E-state index contributed by atoms with van der Waals surface area (Å²) in [5, 5.41) is 2.68. The second-order valence-corrected chi connectivity index (χ2v) is 6.95. The van der Waals surface area contributed by atoms with Crippen molar-refractivity contribution < 1.29 is 9.53 Å². The number of hydrogen-bond donors (Lipinski definition) is 2. The van der Waals surface area contributed by atoms with E-state index in [2.05, 4.69) is 15.3 Å². The lowest BCUT2D eigenvalue weighted by Gasteiger charge is -2.19. The first-order valence-electron chi connectivity index (χ1n) is 8.10. The van der Waals surface area contributed by atoms with E-state index in [0.29, 0.717) is 5.69 Å². The number of amides is 1. The van der Waals surface area contributed by atoms with E-state index in [-0.39, 0.29) is 0 Å². The van der Waals surface area contributed by atoms with E-state index < -0.39 is 11.7 Å². The van der Waals surface area contributed by atoms with Gasteiger partial charge in [0.15, 0.2) is 0 Å². The molecular formula is C19H28N4O2. The highest BCUT2D eigenvalue weighted by Crippen LogP contribution is 2.13. The first-order chi connectivity index (χ1) is 11.4. The van der Waals surface area contributed by atoms with Gasteiger partial charge in [0, 0.05) is 34.2 Å². The lowest BCUT2D eigenvalue weighted by atomic mass is 10.2. The molecule has 0 spiro atoms. The topological polar surface area (TPSA) is 90.1 Å². The summed E-state index contributed by atoms with van der Waals surface area (Å²) < 4.78 is 5.15. The Hall–Kier alpha value is -2.63. The van der Waals surface area contributed by atoms with Gasteiger partial charge < -0.3 is 10.5 Å². The van der Waals surface area contributed by atoms with Crippen molar-refractivity contribution in [2.24, 2.45) is 0 Å². The molecule has 0 bridgehead atoms. The minimum Gasteiger partial charge on any atom is -0.444 e. The Morgan fingerprint density at radius 2 is 1.32 bits per heavy atom. The Morgan fingerprint density at radius 1 is 0.920 bits per heavy atom. The number of nitrogens with zero attached hydrogens (tertiary/aromatic N) is 2. The molecule has 0 fully saturated rings. The van der Waals surface area contributed by atoms with E-state index in [1.807, 2.05) is 60.6 Å². The molecule has 0 atom stereocenters. The zero-order valence-electron chi connectivity index (χ0n) is 16.1. The number of ether oxygens (including phenoxy) is 1. The van der Waals surface area contributed by atoms with Gasteiger partial charge in [0.05, 0.1) is 0 Å². The Morgan fingerprint density at radius 3 is 1.68 bits per heavy atom. The number of aryl methyl sites for hydroxylation is 4. The van der Waals surface area contributed by atoms with Crippen molar-refractivity contribution in [3.8, 4) is 0 Å². The van der Waals surface area contributed by atoms with Crippen LogP contribution in [0.5, 0.6) is 0 Å². The van der Waals surface area contributed by atoms with Gasteiger partial charge in [0.1, 0.15) is 5.60 Å². The fourth-order valence-corrected chi connectivity index (χ4v) is 2.19. The smallest absolute Gasteiger partial charge is 0.412 e. The molecule has 0 saturated heterocycles. The zero-order valence-corrected chi connectivity index (χ0v) is 16.1. The summed E-state index contributed by atoms with van der Waals surface area (Å²) in [6.07, 6.45) is -0.447. The molecule has 0 saturated carbocycles.